The maximum atomic E-state index is 12.6. The largest absolute Gasteiger partial charge is 0.395 e. The molecule has 7 heteroatoms. The molecule has 0 radical (unpaired) electrons. The molecule has 0 saturated carbocycles. The van der Waals surface area contributed by atoms with Gasteiger partial charge in [-0.25, -0.2) is 18.7 Å². The molecule has 0 aromatic carbocycles. The molecular formula is C12H20F2N4O. The zero-order valence-electron chi connectivity index (χ0n) is 11.4. The van der Waals surface area contributed by atoms with Crippen LogP contribution < -0.4 is 10.2 Å². The molecule has 1 rings (SSSR count). The summed E-state index contributed by atoms with van der Waals surface area (Å²) in [6.07, 6.45) is -2.48. The summed E-state index contributed by atoms with van der Waals surface area (Å²) in [5.74, 6) is 1.65. The number of aliphatic hydroxyl groups is 1. The molecule has 0 amide bonds. The van der Waals surface area contributed by atoms with Crippen LogP contribution in [0.1, 0.15) is 25.6 Å². The van der Waals surface area contributed by atoms with Crippen LogP contribution >= 0.6 is 0 Å². The van der Waals surface area contributed by atoms with Crippen LogP contribution in [-0.2, 0) is 0 Å². The van der Waals surface area contributed by atoms with Gasteiger partial charge in [0.15, 0.2) is 0 Å². The smallest absolute Gasteiger partial charge is 0.255 e. The summed E-state index contributed by atoms with van der Waals surface area (Å²) in [7, 11) is 1.71. The molecule has 0 aliphatic heterocycles. The summed E-state index contributed by atoms with van der Waals surface area (Å²) in [5.41, 5.74) is 0. The fourth-order valence-electron chi connectivity index (χ4n) is 1.59. The molecule has 0 aliphatic rings. The minimum absolute atomic E-state index is 0.0922. The van der Waals surface area contributed by atoms with Gasteiger partial charge in [-0.2, -0.15) is 0 Å². The molecule has 5 nitrogen and oxygen atoms in total. The average Bonchev–Trinajstić information content (AvgIpc) is 2.37. The molecule has 1 aromatic heterocycles. The first-order valence-corrected chi connectivity index (χ1v) is 6.18. The van der Waals surface area contributed by atoms with E-state index in [0.717, 1.165) is 0 Å². The third-order valence-electron chi connectivity index (χ3n) is 2.55. The van der Waals surface area contributed by atoms with E-state index in [2.05, 4.69) is 15.3 Å². The summed E-state index contributed by atoms with van der Waals surface area (Å²) in [6.45, 7) is 3.31. The van der Waals surface area contributed by atoms with Crippen LogP contribution in [0.3, 0.4) is 0 Å². The fourth-order valence-corrected chi connectivity index (χ4v) is 1.59. The van der Waals surface area contributed by atoms with Crippen LogP contribution in [0.4, 0.5) is 20.4 Å². The van der Waals surface area contributed by atoms with Crippen LogP contribution in [0.25, 0.3) is 0 Å². The number of anilines is 2. The van der Waals surface area contributed by atoms with Gasteiger partial charge in [0.25, 0.3) is 6.43 Å². The molecule has 0 fully saturated rings. The highest BCUT2D eigenvalue weighted by molar-refractivity contribution is 5.49. The van der Waals surface area contributed by atoms with Crippen molar-refractivity contribution in [2.45, 2.75) is 26.2 Å². The quantitative estimate of drug-likeness (QED) is 0.792. The highest BCUT2D eigenvalue weighted by Crippen LogP contribution is 2.20. The van der Waals surface area contributed by atoms with Gasteiger partial charge < -0.3 is 15.3 Å². The topological polar surface area (TPSA) is 61.3 Å². The molecule has 0 aliphatic carbocycles. The van der Waals surface area contributed by atoms with E-state index >= 15 is 0 Å². The number of halogens is 2. The van der Waals surface area contributed by atoms with E-state index in [0.29, 0.717) is 17.5 Å². The maximum absolute atomic E-state index is 12.6. The number of rotatable bonds is 7. The van der Waals surface area contributed by atoms with E-state index in [1.54, 1.807) is 13.1 Å². The van der Waals surface area contributed by atoms with E-state index in [4.69, 9.17) is 5.11 Å². The first kappa shape index (κ1) is 15.6. The molecule has 0 spiro atoms. The van der Waals surface area contributed by atoms with E-state index < -0.39 is 13.0 Å². The molecule has 1 heterocycles. The van der Waals surface area contributed by atoms with Crippen molar-refractivity contribution in [1.82, 2.24) is 9.97 Å². The molecule has 0 unspecified atom stereocenters. The number of hydrogen-bond acceptors (Lipinski definition) is 5. The Labute approximate surface area is 111 Å². The Hall–Kier alpha value is -1.50. The lowest BCUT2D eigenvalue weighted by molar-refractivity contribution is 0.152. The highest BCUT2D eigenvalue weighted by Gasteiger charge is 2.16. The second kappa shape index (κ2) is 7.18. The van der Waals surface area contributed by atoms with Crippen molar-refractivity contribution in [2.75, 3.05) is 37.0 Å². The molecule has 108 valence electrons. The van der Waals surface area contributed by atoms with Crippen LogP contribution in [0.15, 0.2) is 6.07 Å². The van der Waals surface area contributed by atoms with Crippen molar-refractivity contribution in [3.05, 3.63) is 11.9 Å². The molecule has 0 bridgehead atoms. The van der Waals surface area contributed by atoms with Gasteiger partial charge in [0.05, 0.1) is 13.2 Å². The molecule has 0 saturated heterocycles. The number of aromatic nitrogens is 2. The highest BCUT2D eigenvalue weighted by atomic mass is 19.3. The van der Waals surface area contributed by atoms with Crippen LogP contribution in [-0.4, -0.2) is 48.2 Å². The third kappa shape index (κ3) is 4.59. The Morgan fingerprint density at radius 2 is 2.05 bits per heavy atom. The Morgan fingerprint density at radius 1 is 1.37 bits per heavy atom. The van der Waals surface area contributed by atoms with Gasteiger partial charge in [-0.1, -0.05) is 13.8 Å². The molecule has 2 N–H and O–H groups in total. The zero-order chi connectivity index (χ0) is 14.4. The summed E-state index contributed by atoms with van der Waals surface area (Å²) in [4.78, 5) is 9.92. The van der Waals surface area contributed by atoms with Gasteiger partial charge in [0, 0.05) is 25.6 Å². The lowest BCUT2D eigenvalue weighted by Crippen LogP contribution is -2.32. The van der Waals surface area contributed by atoms with Gasteiger partial charge in [0.1, 0.15) is 17.5 Å². The molecule has 19 heavy (non-hydrogen) atoms. The Kier molecular flexibility index (Phi) is 5.88. The second-order valence-electron chi connectivity index (χ2n) is 4.43. The van der Waals surface area contributed by atoms with Crippen molar-refractivity contribution in [3.8, 4) is 0 Å². The number of aliphatic hydroxyl groups excluding tert-OH is 1. The van der Waals surface area contributed by atoms with Crippen molar-refractivity contribution in [2.24, 2.45) is 0 Å². The monoisotopic (exact) mass is 274 g/mol. The zero-order valence-corrected chi connectivity index (χ0v) is 11.4. The van der Waals surface area contributed by atoms with E-state index in [1.807, 2.05) is 13.8 Å². The van der Waals surface area contributed by atoms with Crippen LogP contribution in [0.5, 0.6) is 0 Å². The number of nitrogens with zero attached hydrogens (tertiary/aromatic N) is 3. The van der Waals surface area contributed by atoms with E-state index in [9.17, 15) is 8.78 Å². The fraction of sp³-hybridized carbons (Fsp3) is 0.667. The van der Waals surface area contributed by atoms with Gasteiger partial charge in [-0.15, -0.1) is 0 Å². The average molecular weight is 274 g/mol. The normalized spacial score (nSPS) is 11.2. The minimum Gasteiger partial charge on any atom is -0.395 e. The predicted octanol–water partition coefficient (Wildman–Crippen LogP) is 1.71. The van der Waals surface area contributed by atoms with Crippen molar-refractivity contribution < 1.29 is 13.9 Å². The summed E-state index contributed by atoms with van der Waals surface area (Å²) in [6, 6.07) is 1.60. The number of alkyl halides is 2. The molecule has 1 aromatic rings. The minimum atomic E-state index is -2.48. The number of hydrogen-bond donors (Lipinski definition) is 2. The predicted molar refractivity (Wildman–Crippen MR) is 71.0 cm³/mol. The lowest BCUT2D eigenvalue weighted by Gasteiger charge is -2.23. The number of nitrogens with one attached hydrogen (secondary N) is 1. The van der Waals surface area contributed by atoms with Crippen molar-refractivity contribution >= 4 is 11.6 Å². The maximum Gasteiger partial charge on any atom is 0.255 e. The second-order valence-corrected chi connectivity index (χ2v) is 4.43. The molecule has 0 atom stereocenters. The van der Waals surface area contributed by atoms with E-state index in [1.165, 1.54) is 4.90 Å². The summed E-state index contributed by atoms with van der Waals surface area (Å²) in [5, 5.41) is 11.9. The van der Waals surface area contributed by atoms with Gasteiger partial charge in [-0.3, -0.25) is 0 Å². The Morgan fingerprint density at radius 3 is 2.53 bits per heavy atom. The Bertz CT molecular complexity index is 401. The third-order valence-corrected chi connectivity index (χ3v) is 2.55. The SMILES string of the molecule is CNc1cc(N(CCO)CC(F)F)nc(C(C)C)n1. The first-order chi connectivity index (χ1) is 8.97. The molecular weight excluding hydrogens is 254 g/mol. The summed E-state index contributed by atoms with van der Waals surface area (Å²) < 4.78 is 25.1. The van der Waals surface area contributed by atoms with Crippen LogP contribution in [0, 0.1) is 0 Å². The van der Waals surface area contributed by atoms with Crippen molar-refractivity contribution in [3.63, 3.8) is 0 Å². The van der Waals surface area contributed by atoms with Crippen LogP contribution in [0.2, 0.25) is 0 Å². The van der Waals surface area contributed by atoms with Gasteiger partial charge in [0.2, 0.25) is 0 Å². The Balaban J connectivity index is 3.09. The van der Waals surface area contributed by atoms with Gasteiger partial charge in [-0.05, 0) is 0 Å². The van der Waals surface area contributed by atoms with Crippen molar-refractivity contribution in [1.29, 1.82) is 0 Å². The van der Waals surface area contributed by atoms with E-state index in [-0.39, 0.29) is 19.1 Å². The standard InChI is InChI=1S/C12H20F2N4O/c1-8(2)12-16-10(15-3)6-11(17-12)18(4-5-19)7-9(13)14/h6,8-9,19H,4-5,7H2,1-3H3,(H,15,16,17). The van der Waals surface area contributed by atoms with Gasteiger partial charge >= 0.3 is 0 Å². The lowest BCUT2D eigenvalue weighted by atomic mass is 10.2. The first-order valence-electron chi connectivity index (χ1n) is 6.18. The summed E-state index contributed by atoms with van der Waals surface area (Å²) >= 11 is 0.